The third kappa shape index (κ3) is 2.99. The number of aryl methyl sites for hydroxylation is 4. The van der Waals surface area contributed by atoms with Crippen molar-refractivity contribution >= 4 is 15.9 Å². The van der Waals surface area contributed by atoms with Crippen LogP contribution in [0.25, 0.3) is 0 Å². The van der Waals surface area contributed by atoms with Gasteiger partial charge in [0.15, 0.2) is 0 Å². The van der Waals surface area contributed by atoms with Crippen molar-refractivity contribution in [2.24, 2.45) is 0 Å². The minimum absolute atomic E-state index is 0.799. The molecule has 18 heavy (non-hydrogen) atoms. The molecule has 0 amide bonds. The van der Waals surface area contributed by atoms with E-state index in [2.05, 4.69) is 59.1 Å². The third-order valence-corrected chi connectivity index (χ3v) is 3.49. The van der Waals surface area contributed by atoms with Gasteiger partial charge in [-0.2, -0.15) is 0 Å². The Morgan fingerprint density at radius 1 is 1.17 bits per heavy atom. The molecule has 0 spiro atoms. The zero-order valence-electron chi connectivity index (χ0n) is 11.1. The van der Waals surface area contributed by atoms with E-state index in [0.29, 0.717) is 0 Å². The summed E-state index contributed by atoms with van der Waals surface area (Å²) in [5, 5.41) is 9.27. The molecule has 0 radical (unpaired) electrons. The molecule has 0 aliphatic heterocycles. The molecule has 0 aliphatic carbocycles. The normalized spacial score (nSPS) is 10.9. The van der Waals surface area contributed by atoms with Crippen LogP contribution in [0, 0.1) is 20.8 Å². The molecule has 0 atom stereocenters. The molecule has 0 N–H and O–H groups in total. The standard InChI is InChI=1S/C14H18BrN3/c1-10-6-11(2)14(12(3)7-10)9-18-8-13(4-5-15)16-17-18/h6-8H,4-5,9H2,1-3H3. The van der Waals surface area contributed by atoms with Gasteiger partial charge in [-0.15, -0.1) is 5.10 Å². The van der Waals surface area contributed by atoms with E-state index in [1.807, 2.05) is 10.9 Å². The molecule has 1 heterocycles. The van der Waals surface area contributed by atoms with Crippen LogP contribution in [0.3, 0.4) is 0 Å². The fraction of sp³-hybridized carbons (Fsp3) is 0.429. The van der Waals surface area contributed by atoms with Crippen LogP contribution in [0.1, 0.15) is 27.9 Å². The Morgan fingerprint density at radius 2 is 1.83 bits per heavy atom. The van der Waals surface area contributed by atoms with Crippen molar-refractivity contribution < 1.29 is 0 Å². The topological polar surface area (TPSA) is 30.7 Å². The zero-order chi connectivity index (χ0) is 13.1. The Labute approximate surface area is 116 Å². The van der Waals surface area contributed by atoms with Gasteiger partial charge in [0.25, 0.3) is 0 Å². The Balaban J connectivity index is 2.22. The second-order valence-electron chi connectivity index (χ2n) is 4.72. The summed E-state index contributed by atoms with van der Waals surface area (Å²) < 4.78 is 1.92. The van der Waals surface area contributed by atoms with E-state index < -0.39 is 0 Å². The third-order valence-electron chi connectivity index (χ3n) is 3.10. The Bertz CT molecular complexity index is 523. The van der Waals surface area contributed by atoms with Crippen LogP contribution < -0.4 is 0 Å². The van der Waals surface area contributed by atoms with Gasteiger partial charge in [-0.25, -0.2) is 4.68 Å². The van der Waals surface area contributed by atoms with Gasteiger partial charge < -0.3 is 0 Å². The summed E-state index contributed by atoms with van der Waals surface area (Å²) in [5.74, 6) is 0. The van der Waals surface area contributed by atoms with Crippen LogP contribution in [0.2, 0.25) is 0 Å². The fourth-order valence-electron chi connectivity index (χ4n) is 2.25. The highest BCUT2D eigenvalue weighted by Crippen LogP contribution is 2.17. The molecular weight excluding hydrogens is 290 g/mol. The molecule has 96 valence electrons. The van der Waals surface area contributed by atoms with Crippen molar-refractivity contribution in [2.45, 2.75) is 33.7 Å². The second kappa shape index (κ2) is 5.65. The number of hydrogen-bond donors (Lipinski definition) is 0. The van der Waals surface area contributed by atoms with Crippen molar-refractivity contribution in [1.82, 2.24) is 15.0 Å². The minimum Gasteiger partial charge on any atom is -0.248 e. The lowest BCUT2D eigenvalue weighted by atomic mass is 10.00. The van der Waals surface area contributed by atoms with Gasteiger partial charge in [-0.05, 0) is 37.5 Å². The molecule has 1 aromatic heterocycles. The first-order valence-electron chi connectivity index (χ1n) is 6.12. The Hall–Kier alpha value is -1.16. The van der Waals surface area contributed by atoms with Crippen molar-refractivity contribution in [1.29, 1.82) is 0 Å². The zero-order valence-corrected chi connectivity index (χ0v) is 12.7. The highest BCUT2D eigenvalue weighted by molar-refractivity contribution is 9.09. The van der Waals surface area contributed by atoms with Crippen molar-refractivity contribution in [3.05, 3.63) is 46.3 Å². The van der Waals surface area contributed by atoms with E-state index in [0.717, 1.165) is 24.0 Å². The molecule has 0 fully saturated rings. The lowest BCUT2D eigenvalue weighted by molar-refractivity contribution is 0.644. The molecule has 2 rings (SSSR count). The second-order valence-corrected chi connectivity index (χ2v) is 5.52. The average molecular weight is 308 g/mol. The predicted octanol–water partition coefficient (Wildman–Crippen LogP) is 3.19. The summed E-state index contributed by atoms with van der Waals surface area (Å²) in [7, 11) is 0. The SMILES string of the molecule is Cc1cc(C)c(Cn2cc(CCBr)nn2)c(C)c1. The van der Waals surface area contributed by atoms with Gasteiger partial charge in [0.2, 0.25) is 0 Å². The van der Waals surface area contributed by atoms with Crippen molar-refractivity contribution in [2.75, 3.05) is 5.33 Å². The number of nitrogens with zero attached hydrogens (tertiary/aromatic N) is 3. The number of hydrogen-bond acceptors (Lipinski definition) is 2. The van der Waals surface area contributed by atoms with E-state index in [4.69, 9.17) is 0 Å². The molecular formula is C14H18BrN3. The maximum atomic E-state index is 4.18. The fourth-order valence-corrected chi connectivity index (χ4v) is 2.65. The molecule has 0 unspecified atom stereocenters. The van der Waals surface area contributed by atoms with E-state index in [1.54, 1.807) is 0 Å². The van der Waals surface area contributed by atoms with Crippen LogP contribution >= 0.6 is 15.9 Å². The number of halogens is 1. The van der Waals surface area contributed by atoms with E-state index in [-0.39, 0.29) is 0 Å². The van der Waals surface area contributed by atoms with E-state index in [1.165, 1.54) is 22.3 Å². The smallest absolute Gasteiger partial charge is 0.0835 e. The lowest BCUT2D eigenvalue weighted by Gasteiger charge is -2.10. The number of benzene rings is 1. The summed E-state index contributed by atoms with van der Waals surface area (Å²) in [6.07, 6.45) is 2.95. The minimum atomic E-state index is 0.799. The molecule has 3 nitrogen and oxygen atoms in total. The Morgan fingerprint density at radius 3 is 2.44 bits per heavy atom. The summed E-state index contributed by atoms with van der Waals surface area (Å²) in [6.45, 7) is 7.25. The first-order chi connectivity index (χ1) is 8.60. The average Bonchev–Trinajstić information content (AvgIpc) is 2.72. The number of alkyl halides is 1. The van der Waals surface area contributed by atoms with Gasteiger partial charge in [-0.1, -0.05) is 38.8 Å². The predicted molar refractivity (Wildman–Crippen MR) is 77.3 cm³/mol. The molecule has 0 saturated carbocycles. The van der Waals surface area contributed by atoms with Crippen LogP contribution in [0.4, 0.5) is 0 Å². The molecule has 0 aliphatic rings. The Kier molecular flexibility index (Phi) is 4.17. The number of rotatable bonds is 4. The van der Waals surface area contributed by atoms with Gasteiger partial charge in [0, 0.05) is 17.9 Å². The van der Waals surface area contributed by atoms with Gasteiger partial charge in [-0.3, -0.25) is 0 Å². The van der Waals surface area contributed by atoms with Gasteiger partial charge in [0.1, 0.15) is 0 Å². The molecule has 0 bridgehead atoms. The molecule has 0 saturated heterocycles. The summed E-state index contributed by atoms with van der Waals surface area (Å²) in [6, 6.07) is 4.44. The first-order valence-corrected chi connectivity index (χ1v) is 7.24. The van der Waals surface area contributed by atoms with Crippen LogP contribution in [0.5, 0.6) is 0 Å². The highest BCUT2D eigenvalue weighted by Gasteiger charge is 2.06. The maximum absolute atomic E-state index is 4.18. The van der Waals surface area contributed by atoms with Crippen LogP contribution in [0.15, 0.2) is 18.3 Å². The van der Waals surface area contributed by atoms with Crippen LogP contribution in [-0.2, 0) is 13.0 Å². The van der Waals surface area contributed by atoms with Crippen molar-refractivity contribution in [3.63, 3.8) is 0 Å². The van der Waals surface area contributed by atoms with Crippen molar-refractivity contribution in [3.8, 4) is 0 Å². The summed E-state index contributed by atoms with van der Waals surface area (Å²) >= 11 is 3.42. The lowest BCUT2D eigenvalue weighted by Crippen LogP contribution is -2.04. The van der Waals surface area contributed by atoms with Gasteiger partial charge >= 0.3 is 0 Å². The van der Waals surface area contributed by atoms with E-state index >= 15 is 0 Å². The summed E-state index contributed by atoms with van der Waals surface area (Å²) in [4.78, 5) is 0. The van der Waals surface area contributed by atoms with Gasteiger partial charge in [0.05, 0.1) is 12.2 Å². The van der Waals surface area contributed by atoms with E-state index in [9.17, 15) is 0 Å². The molecule has 4 heteroatoms. The number of aromatic nitrogens is 3. The maximum Gasteiger partial charge on any atom is 0.0835 e. The molecule has 1 aromatic carbocycles. The quantitative estimate of drug-likeness (QED) is 0.812. The van der Waals surface area contributed by atoms with Crippen LogP contribution in [-0.4, -0.2) is 20.3 Å². The highest BCUT2D eigenvalue weighted by atomic mass is 79.9. The monoisotopic (exact) mass is 307 g/mol. The largest absolute Gasteiger partial charge is 0.248 e. The molecule has 2 aromatic rings. The summed E-state index contributed by atoms with van der Waals surface area (Å²) in [5.41, 5.74) is 6.34. The first kappa shape index (κ1) is 13.3.